The van der Waals surface area contributed by atoms with E-state index in [0.717, 1.165) is 11.1 Å². The van der Waals surface area contributed by atoms with Crippen molar-refractivity contribution >= 4 is 11.9 Å². The minimum Gasteiger partial charge on any atom is -0.461 e. The van der Waals surface area contributed by atoms with Crippen molar-refractivity contribution in [3.05, 3.63) is 83.9 Å². The summed E-state index contributed by atoms with van der Waals surface area (Å²) in [7, 11) is 0. The molecule has 0 aliphatic carbocycles. The van der Waals surface area contributed by atoms with Crippen molar-refractivity contribution in [2.24, 2.45) is 0 Å². The first-order valence-electron chi connectivity index (χ1n) is 7.69. The fourth-order valence-electron chi connectivity index (χ4n) is 2.05. The number of benzene rings is 2. The molecule has 4 nitrogen and oxygen atoms in total. The normalized spacial score (nSPS) is 10.0. The zero-order valence-corrected chi connectivity index (χ0v) is 13.4. The highest BCUT2D eigenvalue weighted by atomic mass is 16.5. The third-order valence-electron chi connectivity index (χ3n) is 3.27. The van der Waals surface area contributed by atoms with Crippen LogP contribution in [0.2, 0.25) is 0 Å². The number of ether oxygens (including phenoxy) is 2. The molecule has 2 aromatic rings. The van der Waals surface area contributed by atoms with E-state index < -0.39 is 11.9 Å². The number of carbonyl (C=O) groups excluding carboxylic acids is 2. The molecule has 24 heavy (non-hydrogen) atoms. The van der Waals surface area contributed by atoms with Gasteiger partial charge in [0.25, 0.3) is 0 Å². The summed E-state index contributed by atoms with van der Waals surface area (Å²) in [4.78, 5) is 23.5. The largest absolute Gasteiger partial charge is 0.461 e. The number of rotatable bonds is 8. The van der Waals surface area contributed by atoms with Gasteiger partial charge in [-0.2, -0.15) is 0 Å². The minimum absolute atomic E-state index is 0.00721. The van der Waals surface area contributed by atoms with Crippen molar-refractivity contribution in [1.29, 1.82) is 0 Å². The van der Waals surface area contributed by atoms with Gasteiger partial charge < -0.3 is 9.47 Å². The molecular weight excluding hydrogens is 304 g/mol. The number of esters is 2. The van der Waals surface area contributed by atoms with E-state index in [4.69, 9.17) is 9.47 Å². The van der Waals surface area contributed by atoms with Crippen molar-refractivity contribution in [2.75, 3.05) is 0 Å². The molecular formula is C20H20O4. The summed E-state index contributed by atoms with van der Waals surface area (Å²) in [5.74, 6) is -0.806. The Morgan fingerprint density at radius 3 is 1.46 bits per heavy atom. The average Bonchev–Trinajstić information content (AvgIpc) is 2.60. The third-order valence-corrected chi connectivity index (χ3v) is 3.27. The lowest BCUT2D eigenvalue weighted by Gasteiger charge is -2.08. The van der Waals surface area contributed by atoms with Crippen LogP contribution < -0.4 is 0 Å². The molecule has 0 bridgehead atoms. The molecule has 0 aliphatic heterocycles. The van der Waals surface area contributed by atoms with Crippen LogP contribution in [-0.4, -0.2) is 11.9 Å². The highest BCUT2D eigenvalue weighted by molar-refractivity contribution is 5.77. The van der Waals surface area contributed by atoms with Gasteiger partial charge in [-0.1, -0.05) is 72.8 Å². The van der Waals surface area contributed by atoms with Gasteiger partial charge in [-0.3, -0.25) is 9.59 Å². The second kappa shape index (κ2) is 9.30. The van der Waals surface area contributed by atoms with Crippen LogP contribution in [0.5, 0.6) is 0 Å². The maximum absolute atomic E-state index is 11.8. The predicted molar refractivity (Wildman–Crippen MR) is 90.9 cm³/mol. The molecule has 0 heterocycles. The van der Waals surface area contributed by atoms with Crippen LogP contribution in [0.1, 0.15) is 24.0 Å². The molecule has 0 spiro atoms. The zero-order valence-electron chi connectivity index (χ0n) is 13.4. The van der Waals surface area contributed by atoms with Gasteiger partial charge in [0.2, 0.25) is 0 Å². The van der Waals surface area contributed by atoms with Gasteiger partial charge in [0, 0.05) is 0 Å². The molecule has 0 unspecified atom stereocenters. The molecule has 124 valence electrons. The summed E-state index contributed by atoms with van der Waals surface area (Å²) in [6.45, 7) is 4.17. The maximum Gasteiger partial charge on any atom is 0.310 e. The van der Waals surface area contributed by atoms with E-state index in [2.05, 4.69) is 6.58 Å². The van der Waals surface area contributed by atoms with Crippen molar-refractivity contribution in [3.8, 4) is 0 Å². The lowest BCUT2D eigenvalue weighted by atomic mass is 10.1. The summed E-state index contributed by atoms with van der Waals surface area (Å²) in [5, 5.41) is 0. The Balaban J connectivity index is 1.66. The Morgan fingerprint density at radius 2 is 1.08 bits per heavy atom. The second-order valence-corrected chi connectivity index (χ2v) is 5.40. The van der Waals surface area contributed by atoms with Crippen LogP contribution in [0.4, 0.5) is 0 Å². The fourth-order valence-corrected chi connectivity index (χ4v) is 2.05. The first kappa shape index (κ1) is 17.5. The molecule has 0 atom stereocenters. The van der Waals surface area contributed by atoms with Gasteiger partial charge in [-0.15, -0.1) is 0 Å². The Morgan fingerprint density at radius 1 is 0.708 bits per heavy atom. The smallest absolute Gasteiger partial charge is 0.310 e. The molecule has 0 amide bonds. The molecule has 0 aliphatic rings. The fraction of sp³-hybridized carbons (Fsp3) is 0.200. The standard InChI is InChI=1S/C20H20O4/c1-16(12-19(21)23-14-17-8-4-2-5-9-17)13-20(22)24-15-18-10-6-3-7-11-18/h2-11H,1,12-15H2. The first-order chi connectivity index (χ1) is 11.6. The van der Waals surface area contributed by atoms with Crippen molar-refractivity contribution in [1.82, 2.24) is 0 Å². The Bertz CT molecular complexity index is 618. The summed E-state index contributed by atoms with van der Waals surface area (Å²) >= 11 is 0. The van der Waals surface area contributed by atoms with E-state index in [0.29, 0.717) is 5.57 Å². The van der Waals surface area contributed by atoms with E-state index in [1.54, 1.807) is 0 Å². The quantitative estimate of drug-likeness (QED) is 0.547. The van der Waals surface area contributed by atoms with Crippen LogP contribution >= 0.6 is 0 Å². The highest BCUT2D eigenvalue weighted by Gasteiger charge is 2.11. The topological polar surface area (TPSA) is 52.6 Å². The van der Waals surface area contributed by atoms with E-state index in [9.17, 15) is 9.59 Å². The Kier molecular flexibility index (Phi) is 6.77. The summed E-state index contributed by atoms with van der Waals surface area (Å²) in [6, 6.07) is 18.8. The van der Waals surface area contributed by atoms with Crippen molar-refractivity contribution < 1.29 is 19.1 Å². The molecule has 0 saturated heterocycles. The van der Waals surface area contributed by atoms with Crippen LogP contribution in [0.15, 0.2) is 72.8 Å². The molecule has 2 aromatic carbocycles. The van der Waals surface area contributed by atoms with Gasteiger partial charge in [-0.25, -0.2) is 0 Å². The van der Waals surface area contributed by atoms with Crippen LogP contribution in [0.25, 0.3) is 0 Å². The number of carbonyl (C=O) groups is 2. The highest BCUT2D eigenvalue weighted by Crippen LogP contribution is 2.10. The third kappa shape index (κ3) is 6.48. The van der Waals surface area contributed by atoms with Crippen molar-refractivity contribution in [2.45, 2.75) is 26.1 Å². The van der Waals surface area contributed by atoms with E-state index in [1.165, 1.54) is 0 Å². The lowest BCUT2D eigenvalue weighted by molar-refractivity contribution is -0.145. The van der Waals surface area contributed by atoms with Gasteiger partial charge in [0.05, 0.1) is 12.8 Å². The number of hydrogen-bond acceptors (Lipinski definition) is 4. The summed E-state index contributed by atoms with van der Waals surface area (Å²) < 4.78 is 10.3. The minimum atomic E-state index is -0.403. The van der Waals surface area contributed by atoms with E-state index in [-0.39, 0.29) is 26.1 Å². The molecule has 0 fully saturated rings. The molecule has 2 rings (SSSR count). The number of hydrogen-bond donors (Lipinski definition) is 0. The Hall–Kier alpha value is -2.88. The van der Waals surface area contributed by atoms with Gasteiger partial charge in [-0.05, 0) is 11.1 Å². The predicted octanol–water partition coefficient (Wildman–Crippen LogP) is 3.81. The lowest BCUT2D eigenvalue weighted by Crippen LogP contribution is -2.10. The van der Waals surface area contributed by atoms with Gasteiger partial charge in [0.15, 0.2) is 0 Å². The average molecular weight is 324 g/mol. The summed E-state index contributed by atoms with van der Waals surface area (Å²) in [5.41, 5.74) is 2.31. The van der Waals surface area contributed by atoms with E-state index >= 15 is 0 Å². The first-order valence-corrected chi connectivity index (χ1v) is 7.69. The van der Waals surface area contributed by atoms with Crippen LogP contribution in [-0.2, 0) is 32.3 Å². The molecule has 0 aromatic heterocycles. The van der Waals surface area contributed by atoms with Gasteiger partial charge in [0.1, 0.15) is 13.2 Å². The summed E-state index contributed by atoms with van der Waals surface area (Å²) in [6.07, 6.45) is 0.0144. The van der Waals surface area contributed by atoms with Gasteiger partial charge >= 0.3 is 11.9 Å². The Labute approximate surface area is 141 Å². The zero-order chi connectivity index (χ0) is 17.2. The monoisotopic (exact) mass is 324 g/mol. The van der Waals surface area contributed by atoms with Crippen LogP contribution in [0.3, 0.4) is 0 Å². The van der Waals surface area contributed by atoms with E-state index in [1.807, 2.05) is 60.7 Å². The van der Waals surface area contributed by atoms with Crippen LogP contribution in [0, 0.1) is 0 Å². The molecule has 0 N–H and O–H groups in total. The molecule has 0 saturated carbocycles. The maximum atomic E-state index is 11.8. The SMILES string of the molecule is C=C(CC(=O)OCc1ccccc1)CC(=O)OCc1ccccc1. The molecule has 4 heteroatoms. The second-order valence-electron chi connectivity index (χ2n) is 5.40. The molecule has 0 radical (unpaired) electrons. The van der Waals surface area contributed by atoms with Crippen molar-refractivity contribution in [3.63, 3.8) is 0 Å².